The fraction of sp³-hybridized carbons (Fsp3) is 0.429. The molecule has 0 heterocycles. The number of sulfone groups is 1. The molecule has 9 heteroatoms. The van der Waals surface area contributed by atoms with Crippen LogP contribution in [0.1, 0.15) is 32.3 Å². The first-order valence-electron chi connectivity index (χ1n) is 9.43. The van der Waals surface area contributed by atoms with Crippen molar-refractivity contribution in [3.05, 3.63) is 58.9 Å². The Bertz CT molecular complexity index is 1030. The molecule has 30 heavy (non-hydrogen) atoms. The average Bonchev–Trinajstić information content (AvgIpc) is 2.62. The van der Waals surface area contributed by atoms with Crippen LogP contribution in [-0.4, -0.2) is 19.7 Å². The van der Waals surface area contributed by atoms with Crippen LogP contribution in [-0.2, 0) is 16.0 Å². The van der Waals surface area contributed by atoms with Crippen molar-refractivity contribution in [1.29, 1.82) is 0 Å². The second-order valence-corrected chi connectivity index (χ2v) is 11.1. The molecule has 1 N–H and O–H groups in total. The first kappa shape index (κ1) is 22.9. The molecule has 1 fully saturated rings. The lowest BCUT2D eigenvalue weighted by Crippen LogP contribution is -2.47. The molecule has 1 aliphatic carbocycles. The van der Waals surface area contributed by atoms with Gasteiger partial charge in [-0.15, -0.1) is 0 Å². The van der Waals surface area contributed by atoms with Crippen molar-refractivity contribution in [2.75, 3.05) is 11.9 Å². The van der Waals surface area contributed by atoms with Crippen LogP contribution in [0.25, 0.3) is 0 Å². The molecular formula is C21H22ClF4NO2S. The van der Waals surface area contributed by atoms with E-state index in [1.54, 1.807) is 19.9 Å². The van der Waals surface area contributed by atoms with Gasteiger partial charge < -0.3 is 5.32 Å². The summed E-state index contributed by atoms with van der Waals surface area (Å²) >= 11 is 5.76. The zero-order chi connectivity index (χ0) is 22.3. The third kappa shape index (κ3) is 4.44. The van der Waals surface area contributed by atoms with Gasteiger partial charge >= 0.3 is 6.18 Å². The van der Waals surface area contributed by atoms with Crippen molar-refractivity contribution in [2.45, 2.75) is 42.5 Å². The van der Waals surface area contributed by atoms with Crippen molar-refractivity contribution < 1.29 is 26.0 Å². The van der Waals surface area contributed by atoms with Gasteiger partial charge in [-0.1, -0.05) is 17.7 Å². The molecule has 164 valence electrons. The first-order chi connectivity index (χ1) is 13.8. The molecular weight excluding hydrogens is 442 g/mol. The fourth-order valence-corrected chi connectivity index (χ4v) is 5.66. The third-order valence-corrected chi connectivity index (χ3v) is 8.78. The van der Waals surface area contributed by atoms with Gasteiger partial charge in [0.05, 0.1) is 20.2 Å². The quantitative estimate of drug-likeness (QED) is 0.520. The molecule has 1 aliphatic rings. The third-order valence-electron chi connectivity index (χ3n) is 5.90. The molecule has 0 atom stereocenters. The largest absolute Gasteiger partial charge is 0.416 e. The maximum Gasteiger partial charge on any atom is 0.416 e. The lowest BCUT2D eigenvalue weighted by atomic mass is 9.69. The first-order valence-corrected chi connectivity index (χ1v) is 11.3. The van der Waals surface area contributed by atoms with Crippen molar-refractivity contribution >= 4 is 27.1 Å². The molecule has 1 saturated carbocycles. The number of benzene rings is 2. The Hall–Kier alpha value is -1.80. The molecule has 3 nitrogen and oxygen atoms in total. The number of hydrogen-bond donors (Lipinski definition) is 1. The van der Waals surface area contributed by atoms with Crippen molar-refractivity contribution in [3.8, 4) is 0 Å². The summed E-state index contributed by atoms with van der Waals surface area (Å²) in [6.07, 6.45) is -3.37. The highest BCUT2D eigenvalue weighted by Gasteiger charge is 2.48. The van der Waals surface area contributed by atoms with Gasteiger partial charge in [-0.2, -0.15) is 13.2 Å². The van der Waals surface area contributed by atoms with Crippen LogP contribution in [0.4, 0.5) is 23.2 Å². The Morgan fingerprint density at radius 1 is 1.10 bits per heavy atom. The number of hydrogen-bond acceptors (Lipinski definition) is 3. The predicted molar refractivity (Wildman–Crippen MR) is 109 cm³/mol. The minimum absolute atomic E-state index is 0.0137. The van der Waals surface area contributed by atoms with Crippen molar-refractivity contribution in [1.82, 2.24) is 0 Å². The van der Waals surface area contributed by atoms with Gasteiger partial charge in [0.2, 0.25) is 0 Å². The van der Waals surface area contributed by atoms with Gasteiger partial charge in [-0.05, 0) is 74.9 Å². The highest BCUT2D eigenvalue weighted by Crippen LogP contribution is 2.46. The minimum atomic E-state index is -4.61. The van der Waals surface area contributed by atoms with Crippen LogP contribution < -0.4 is 5.32 Å². The Morgan fingerprint density at radius 3 is 2.37 bits per heavy atom. The Kier molecular flexibility index (Phi) is 6.13. The summed E-state index contributed by atoms with van der Waals surface area (Å²) in [6.45, 7) is 3.70. The number of alkyl halides is 3. The SMILES string of the molecule is CC(C)([C@H]1C[C@H](CNc2ccc(F)c(Cl)c2)C1)S(=O)(=O)c1cccc(C(F)(F)F)c1. The van der Waals surface area contributed by atoms with E-state index < -0.39 is 32.1 Å². The summed E-state index contributed by atoms with van der Waals surface area (Å²) in [7, 11) is -3.96. The van der Waals surface area contributed by atoms with Gasteiger partial charge in [0.25, 0.3) is 0 Å². The van der Waals surface area contributed by atoms with Gasteiger partial charge in [0.1, 0.15) is 5.82 Å². The molecule has 0 unspecified atom stereocenters. The van der Waals surface area contributed by atoms with Gasteiger partial charge in [0.15, 0.2) is 9.84 Å². The molecule has 0 aliphatic heterocycles. The number of nitrogens with one attached hydrogen (secondary N) is 1. The normalized spacial score (nSPS) is 20.0. The average molecular weight is 464 g/mol. The molecule has 0 spiro atoms. The summed E-state index contributed by atoms with van der Waals surface area (Å²) in [4.78, 5) is -0.315. The van der Waals surface area contributed by atoms with Crippen LogP contribution in [0.15, 0.2) is 47.4 Å². The predicted octanol–water partition coefficient (Wildman–Crippen LogP) is 6.19. The molecule has 0 radical (unpaired) electrons. The Balaban J connectivity index is 1.66. The summed E-state index contributed by atoms with van der Waals surface area (Å²) in [5, 5.41) is 3.17. The standard InChI is InChI=1S/C21H22ClF4NO2S/c1-20(2,30(28,29)17-5-3-4-14(10-17)21(24,25)26)15-8-13(9-15)12-27-16-6-7-19(23)18(22)11-16/h3-7,10-11,13,15,27H,8-9,12H2,1-2H3/t13-,15-. The minimum Gasteiger partial charge on any atom is -0.385 e. The highest BCUT2D eigenvalue weighted by molar-refractivity contribution is 7.92. The highest BCUT2D eigenvalue weighted by atomic mass is 35.5. The van der Waals surface area contributed by atoms with E-state index in [1.165, 1.54) is 18.2 Å². The monoisotopic (exact) mass is 463 g/mol. The lowest BCUT2D eigenvalue weighted by Gasteiger charge is -2.45. The molecule has 0 saturated heterocycles. The lowest BCUT2D eigenvalue weighted by molar-refractivity contribution is -0.137. The maximum atomic E-state index is 13.2. The molecule has 0 bridgehead atoms. The van der Waals surface area contributed by atoms with Crippen molar-refractivity contribution in [3.63, 3.8) is 0 Å². The second kappa shape index (κ2) is 8.04. The van der Waals surface area contributed by atoms with Crippen LogP contribution in [0.5, 0.6) is 0 Å². The van der Waals surface area contributed by atoms with E-state index in [2.05, 4.69) is 5.32 Å². The van der Waals surface area contributed by atoms with E-state index in [1.807, 2.05) is 0 Å². The number of anilines is 1. The van der Waals surface area contributed by atoms with E-state index >= 15 is 0 Å². The van der Waals surface area contributed by atoms with E-state index in [9.17, 15) is 26.0 Å². The van der Waals surface area contributed by atoms with E-state index in [4.69, 9.17) is 11.6 Å². The number of halogens is 5. The van der Waals surface area contributed by atoms with Gasteiger partial charge in [-0.3, -0.25) is 0 Å². The molecule has 0 amide bonds. The second-order valence-electron chi connectivity index (χ2n) is 8.18. The molecule has 2 aromatic carbocycles. The van der Waals surface area contributed by atoms with Gasteiger partial charge in [0, 0.05) is 12.2 Å². The molecule has 3 rings (SSSR count). The van der Waals surface area contributed by atoms with Crippen LogP contribution in [0.3, 0.4) is 0 Å². The molecule has 0 aromatic heterocycles. The molecule has 2 aromatic rings. The van der Waals surface area contributed by atoms with Crippen LogP contribution in [0, 0.1) is 17.7 Å². The summed E-state index contributed by atoms with van der Waals surface area (Å²) in [6, 6.07) is 8.20. The smallest absolute Gasteiger partial charge is 0.385 e. The number of rotatable bonds is 6. The fourth-order valence-electron chi connectivity index (χ4n) is 3.70. The van der Waals surface area contributed by atoms with Crippen molar-refractivity contribution in [2.24, 2.45) is 11.8 Å². The summed E-state index contributed by atoms with van der Waals surface area (Å²) in [5.74, 6) is -0.483. The Morgan fingerprint density at radius 2 is 1.77 bits per heavy atom. The zero-order valence-electron chi connectivity index (χ0n) is 16.4. The van der Waals surface area contributed by atoms with Crippen LogP contribution >= 0.6 is 11.6 Å². The van der Waals surface area contributed by atoms with E-state index in [-0.39, 0.29) is 21.8 Å². The summed E-state index contributed by atoms with van der Waals surface area (Å²) in [5.41, 5.74) is -0.311. The topological polar surface area (TPSA) is 46.2 Å². The van der Waals surface area contributed by atoms with E-state index in [0.29, 0.717) is 31.1 Å². The maximum absolute atomic E-state index is 13.2. The van der Waals surface area contributed by atoms with Crippen LogP contribution in [0.2, 0.25) is 5.02 Å². The van der Waals surface area contributed by atoms with Gasteiger partial charge in [-0.25, -0.2) is 12.8 Å². The zero-order valence-corrected chi connectivity index (χ0v) is 18.0. The van der Waals surface area contributed by atoms with E-state index in [0.717, 1.165) is 12.1 Å². The Labute approximate surface area is 178 Å². The summed E-state index contributed by atoms with van der Waals surface area (Å²) < 4.78 is 77.1.